The Hall–Kier alpha value is -0.520. The molecule has 0 rings (SSSR count). The molecule has 0 aromatic heterocycles. The molecule has 0 aliphatic rings. The van der Waals surface area contributed by atoms with Crippen LogP contribution < -0.4 is 0 Å². The van der Waals surface area contributed by atoms with Gasteiger partial charge in [0.15, 0.2) is 0 Å². The Morgan fingerprint density at radius 2 is 2.20 bits per heavy atom. The van der Waals surface area contributed by atoms with Crippen LogP contribution in [0.1, 0.15) is 33.1 Å². The number of hydrogen-bond acceptors (Lipinski definition) is 0. The zero-order valence-electron chi connectivity index (χ0n) is 7.19. The first-order valence-corrected chi connectivity index (χ1v) is 3.98. The molecule has 0 saturated carbocycles. The molecule has 0 aromatic carbocycles. The number of allylic oxidation sites excluding steroid dienone is 2. The minimum atomic E-state index is 0.706. The highest BCUT2D eigenvalue weighted by Crippen LogP contribution is 2.18. The summed E-state index contributed by atoms with van der Waals surface area (Å²) in [6.45, 7) is 12.0. The van der Waals surface area contributed by atoms with Crippen LogP contribution in [0.15, 0.2) is 24.8 Å². The lowest BCUT2D eigenvalue weighted by atomic mass is 9.94. The van der Waals surface area contributed by atoms with Crippen molar-refractivity contribution < 1.29 is 0 Å². The van der Waals surface area contributed by atoms with Gasteiger partial charge in [-0.05, 0) is 32.1 Å². The lowest BCUT2D eigenvalue weighted by Crippen LogP contribution is -1.98. The van der Waals surface area contributed by atoms with E-state index in [4.69, 9.17) is 0 Å². The summed E-state index contributed by atoms with van der Waals surface area (Å²) in [5.41, 5.74) is 1.31. The van der Waals surface area contributed by atoms with E-state index in [1.165, 1.54) is 18.4 Å². The van der Waals surface area contributed by atoms with Crippen molar-refractivity contribution in [1.29, 1.82) is 0 Å². The molecule has 58 valence electrons. The first kappa shape index (κ1) is 9.48. The maximum atomic E-state index is 3.94. The monoisotopic (exact) mass is 138 g/mol. The lowest BCUT2D eigenvalue weighted by Gasteiger charge is -2.12. The van der Waals surface area contributed by atoms with Gasteiger partial charge in [-0.2, -0.15) is 0 Å². The van der Waals surface area contributed by atoms with Crippen molar-refractivity contribution in [3.05, 3.63) is 24.8 Å². The van der Waals surface area contributed by atoms with Crippen LogP contribution in [0.2, 0.25) is 0 Å². The first-order chi connectivity index (χ1) is 4.72. The summed E-state index contributed by atoms with van der Waals surface area (Å²) in [5.74, 6) is 0.706. The summed E-state index contributed by atoms with van der Waals surface area (Å²) in [6, 6.07) is 0. The topological polar surface area (TPSA) is 0 Å². The third-order valence-corrected chi connectivity index (χ3v) is 1.91. The molecule has 0 aliphatic heterocycles. The normalized spacial score (nSPS) is 12.6. The molecule has 10 heavy (non-hydrogen) atoms. The molecule has 0 N–H and O–H groups in total. The summed E-state index contributed by atoms with van der Waals surface area (Å²) in [4.78, 5) is 0. The van der Waals surface area contributed by atoms with Crippen LogP contribution in [-0.4, -0.2) is 0 Å². The van der Waals surface area contributed by atoms with Gasteiger partial charge in [0, 0.05) is 0 Å². The fourth-order valence-corrected chi connectivity index (χ4v) is 1.12. The predicted octanol–water partition coefficient (Wildman–Crippen LogP) is 3.55. The van der Waals surface area contributed by atoms with Crippen LogP contribution in [0.5, 0.6) is 0 Å². The molecule has 0 aromatic rings. The minimum absolute atomic E-state index is 0.706. The van der Waals surface area contributed by atoms with Crippen LogP contribution in [0.3, 0.4) is 0 Å². The summed E-state index contributed by atoms with van der Waals surface area (Å²) in [5, 5.41) is 0. The largest absolute Gasteiger partial charge is 0.103 e. The standard InChI is InChI=1S/C10H18/c1-5-7-8-10(6-2)9(3)4/h5,10H,1,3,6-8H2,2,4H3. The van der Waals surface area contributed by atoms with E-state index in [0.717, 1.165) is 6.42 Å². The van der Waals surface area contributed by atoms with Crippen LogP contribution >= 0.6 is 0 Å². The second-order valence-electron chi connectivity index (χ2n) is 2.82. The van der Waals surface area contributed by atoms with E-state index in [-0.39, 0.29) is 0 Å². The van der Waals surface area contributed by atoms with Crippen molar-refractivity contribution in [2.45, 2.75) is 33.1 Å². The Morgan fingerprint density at radius 1 is 1.60 bits per heavy atom. The SMILES string of the molecule is C=CCCC(CC)C(=C)C. The van der Waals surface area contributed by atoms with Gasteiger partial charge < -0.3 is 0 Å². The molecular weight excluding hydrogens is 120 g/mol. The molecule has 0 saturated heterocycles. The maximum Gasteiger partial charge on any atom is -0.0208 e. The van der Waals surface area contributed by atoms with Crippen LogP contribution in [0.4, 0.5) is 0 Å². The van der Waals surface area contributed by atoms with E-state index >= 15 is 0 Å². The minimum Gasteiger partial charge on any atom is -0.103 e. The summed E-state index contributed by atoms with van der Waals surface area (Å²) >= 11 is 0. The van der Waals surface area contributed by atoms with Gasteiger partial charge in [-0.1, -0.05) is 25.2 Å². The Labute approximate surface area is 64.6 Å². The Kier molecular flexibility index (Phi) is 5.00. The fourth-order valence-electron chi connectivity index (χ4n) is 1.12. The van der Waals surface area contributed by atoms with Gasteiger partial charge >= 0.3 is 0 Å². The predicted molar refractivity (Wildman–Crippen MR) is 48.0 cm³/mol. The average Bonchev–Trinajstić information content (AvgIpc) is 1.89. The molecule has 0 aliphatic carbocycles. The van der Waals surface area contributed by atoms with E-state index in [1.54, 1.807) is 0 Å². The van der Waals surface area contributed by atoms with Gasteiger partial charge in [-0.3, -0.25) is 0 Å². The van der Waals surface area contributed by atoms with Gasteiger partial charge in [-0.25, -0.2) is 0 Å². The average molecular weight is 138 g/mol. The van der Waals surface area contributed by atoms with Crippen molar-refractivity contribution in [3.63, 3.8) is 0 Å². The molecule has 1 unspecified atom stereocenters. The number of hydrogen-bond donors (Lipinski definition) is 0. The molecule has 0 heteroatoms. The molecular formula is C10H18. The second-order valence-corrected chi connectivity index (χ2v) is 2.82. The summed E-state index contributed by atoms with van der Waals surface area (Å²) in [6.07, 6.45) is 5.52. The number of rotatable bonds is 5. The third kappa shape index (κ3) is 3.49. The van der Waals surface area contributed by atoms with Gasteiger partial charge in [0.1, 0.15) is 0 Å². The highest BCUT2D eigenvalue weighted by Gasteiger charge is 2.03. The maximum absolute atomic E-state index is 3.94. The molecule has 0 spiro atoms. The summed E-state index contributed by atoms with van der Waals surface area (Å²) in [7, 11) is 0. The molecule has 0 heterocycles. The lowest BCUT2D eigenvalue weighted by molar-refractivity contribution is 0.550. The van der Waals surface area contributed by atoms with Crippen molar-refractivity contribution in [2.75, 3.05) is 0 Å². The smallest absolute Gasteiger partial charge is 0.0208 e. The Morgan fingerprint density at radius 3 is 2.50 bits per heavy atom. The van der Waals surface area contributed by atoms with Crippen molar-refractivity contribution in [1.82, 2.24) is 0 Å². The zero-order valence-corrected chi connectivity index (χ0v) is 7.19. The van der Waals surface area contributed by atoms with Gasteiger partial charge in [0.25, 0.3) is 0 Å². The van der Waals surface area contributed by atoms with Crippen LogP contribution in [-0.2, 0) is 0 Å². The van der Waals surface area contributed by atoms with Crippen LogP contribution in [0, 0.1) is 5.92 Å². The Bertz CT molecular complexity index is 111. The molecule has 0 fully saturated rings. The molecule has 0 nitrogen and oxygen atoms in total. The summed E-state index contributed by atoms with van der Waals surface area (Å²) < 4.78 is 0. The zero-order chi connectivity index (χ0) is 7.98. The van der Waals surface area contributed by atoms with E-state index in [9.17, 15) is 0 Å². The highest BCUT2D eigenvalue weighted by molar-refractivity contribution is 4.95. The van der Waals surface area contributed by atoms with Crippen molar-refractivity contribution in [3.8, 4) is 0 Å². The van der Waals surface area contributed by atoms with Crippen molar-refractivity contribution >= 4 is 0 Å². The molecule has 0 amide bonds. The van der Waals surface area contributed by atoms with Gasteiger partial charge in [0.2, 0.25) is 0 Å². The van der Waals surface area contributed by atoms with Gasteiger partial charge in [0.05, 0.1) is 0 Å². The second kappa shape index (κ2) is 5.28. The molecule has 0 bridgehead atoms. The van der Waals surface area contributed by atoms with Gasteiger partial charge in [-0.15, -0.1) is 6.58 Å². The highest BCUT2D eigenvalue weighted by atomic mass is 14.1. The van der Waals surface area contributed by atoms with E-state index in [0.29, 0.717) is 5.92 Å². The van der Waals surface area contributed by atoms with E-state index < -0.39 is 0 Å². The quantitative estimate of drug-likeness (QED) is 0.510. The molecule has 1 atom stereocenters. The van der Waals surface area contributed by atoms with E-state index in [2.05, 4.69) is 27.0 Å². The van der Waals surface area contributed by atoms with Crippen molar-refractivity contribution in [2.24, 2.45) is 5.92 Å². The van der Waals surface area contributed by atoms with E-state index in [1.807, 2.05) is 6.08 Å². The fraction of sp³-hybridized carbons (Fsp3) is 0.600. The molecule has 0 radical (unpaired) electrons. The third-order valence-electron chi connectivity index (χ3n) is 1.91. The first-order valence-electron chi connectivity index (χ1n) is 3.98. The Balaban J connectivity index is 3.60. The van der Waals surface area contributed by atoms with Crippen LogP contribution in [0.25, 0.3) is 0 Å².